The van der Waals surface area contributed by atoms with Gasteiger partial charge in [-0.25, -0.2) is 0 Å². The molecule has 3 aliphatic rings. The fourth-order valence-electron chi connectivity index (χ4n) is 3.00. The van der Waals surface area contributed by atoms with Crippen molar-refractivity contribution in [3.05, 3.63) is 30.2 Å². The van der Waals surface area contributed by atoms with E-state index < -0.39 is 0 Å². The van der Waals surface area contributed by atoms with Crippen LogP contribution < -0.4 is 10.6 Å². The second kappa shape index (κ2) is 3.27. The normalized spacial score (nSPS) is 38.3. The molecule has 1 fully saturated rings. The van der Waals surface area contributed by atoms with Gasteiger partial charge >= 0.3 is 0 Å². The lowest BCUT2D eigenvalue weighted by Crippen LogP contribution is -2.52. The van der Waals surface area contributed by atoms with Crippen molar-refractivity contribution in [3.63, 3.8) is 0 Å². The molecule has 0 amide bonds. The molecule has 2 radical (unpaired) electrons. The first-order valence-corrected chi connectivity index (χ1v) is 5.55. The third kappa shape index (κ3) is 1.16. The summed E-state index contributed by atoms with van der Waals surface area (Å²) in [4.78, 5) is 0. The van der Waals surface area contributed by atoms with Gasteiger partial charge in [-0.2, -0.15) is 0 Å². The van der Waals surface area contributed by atoms with E-state index in [1.165, 1.54) is 5.57 Å². The van der Waals surface area contributed by atoms with Crippen molar-refractivity contribution in [2.75, 3.05) is 13.7 Å². The predicted octanol–water partition coefficient (Wildman–Crippen LogP) is 1.18. The Morgan fingerprint density at radius 3 is 3.40 bits per heavy atom. The molecule has 15 heavy (non-hydrogen) atoms. The third-order valence-electron chi connectivity index (χ3n) is 3.82. The zero-order chi connectivity index (χ0) is 10.3. The van der Waals surface area contributed by atoms with E-state index in [1.807, 2.05) is 0 Å². The quantitative estimate of drug-likeness (QED) is 0.673. The zero-order valence-electron chi connectivity index (χ0n) is 8.97. The predicted molar refractivity (Wildman–Crippen MR) is 57.6 cm³/mol. The van der Waals surface area contributed by atoms with E-state index in [-0.39, 0.29) is 5.54 Å². The van der Waals surface area contributed by atoms with E-state index in [4.69, 9.17) is 4.74 Å². The molecule has 1 spiro atoms. The van der Waals surface area contributed by atoms with Gasteiger partial charge in [0.15, 0.2) is 0 Å². The van der Waals surface area contributed by atoms with Crippen LogP contribution in [0.15, 0.2) is 23.6 Å². The lowest BCUT2D eigenvalue weighted by Gasteiger charge is -2.43. The Labute approximate surface area is 90.6 Å². The first kappa shape index (κ1) is 9.28. The SMILES string of the molecule is COC1=CCC2C[C]NC23CCNC=C13. The van der Waals surface area contributed by atoms with Crippen molar-refractivity contribution in [2.45, 2.75) is 24.8 Å². The number of ether oxygens (including phenoxy) is 1. The van der Waals surface area contributed by atoms with Crippen molar-refractivity contribution < 1.29 is 4.74 Å². The van der Waals surface area contributed by atoms with Crippen LogP contribution in [0.1, 0.15) is 19.3 Å². The van der Waals surface area contributed by atoms with E-state index in [1.54, 1.807) is 7.11 Å². The number of rotatable bonds is 1. The highest BCUT2D eigenvalue weighted by Crippen LogP contribution is 2.46. The molecule has 80 valence electrons. The second-order valence-electron chi connectivity index (χ2n) is 4.44. The summed E-state index contributed by atoms with van der Waals surface area (Å²) < 4.78 is 5.45. The summed E-state index contributed by atoms with van der Waals surface area (Å²) in [7, 11) is 1.75. The lowest BCUT2D eigenvalue weighted by molar-refractivity contribution is 0.224. The summed E-state index contributed by atoms with van der Waals surface area (Å²) in [6.07, 6.45) is 7.57. The van der Waals surface area contributed by atoms with Crippen molar-refractivity contribution in [1.29, 1.82) is 0 Å². The van der Waals surface area contributed by atoms with Gasteiger partial charge in [0.2, 0.25) is 0 Å². The Bertz CT molecular complexity index is 335. The summed E-state index contributed by atoms with van der Waals surface area (Å²) in [6, 6.07) is 0. The van der Waals surface area contributed by atoms with Crippen LogP contribution in [0.3, 0.4) is 0 Å². The first-order valence-electron chi connectivity index (χ1n) is 5.55. The molecule has 0 saturated carbocycles. The van der Waals surface area contributed by atoms with Crippen LogP contribution >= 0.6 is 0 Å². The van der Waals surface area contributed by atoms with Gasteiger partial charge in [-0.05, 0) is 31.3 Å². The van der Waals surface area contributed by atoms with E-state index in [0.29, 0.717) is 5.92 Å². The summed E-state index contributed by atoms with van der Waals surface area (Å²) in [6.45, 7) is 4.32. The van der Waals surface area contributed by atoms with Crippen LogP contribution in [0.25, 0.3) is 0 Å². The number of nitrogens with one attached hydrogen (secondary N) is 2. The van der Waals surface area contributed by atoms with Gasteiger partial charge in [-0.3, -0.25) is 5.32 Å². The maximum Gasteiger partial charge on any atom is 0.121 e. The molecule has 1 aliphatic carbocycles. The molecular weight excluding hydrogens is 188 g/mol. The Hall–Kier alpha value is -0.960. The molecule has 2 aliphatic heterocycles. The summed E-state index contributed by atoms with van der Waals surface area (Å²) in [5.41, 5.74) is 1.38. The van der Waals surface area contributed by atoms with Crippen molar-refractivity contribution in [3.8, 4) is 0 Å². The number of allylic oxidation sites excluding steroid dienone is 1. The summed E-state index contributed by atoms with van der Waals surface area (Å²) >= 11 is 0. The van der Waals surface area contributed by atoms with E-state index in [0.717, 1.165) is 31.6 Å². The van der Waals surface area contributed by atoms with Gasteiger partial charge < -0.3 is 10.1 Å². The average Bonchev–Trinajstić information content (AvgIpc) is 2.69. The highest BCUT2D eigenvalue weighted by molar-refractivity contribution is 5.43. The van der Waals surface area contributed by atoms with Crippen LogP contribution in [0.5, 0.6) is 0 Å². The molecule has 0 aromatic heterocycles. The minimum Gasteiger partial charge on any atom is -0.497 e. The topological polar surface area (TPSA) is 33.3 Å². The van der Waals surface area contributed by atoms with Gasteiger partial charge in [0.05, 0.1) is 19.2 Å². The summed E-state index contributed by atoms with van der Waals surface area (Å²) in [5, 5.41) is 6.76. The smallest absolute Gasteiger partial charge is 0.121 e. The van der Waals surface area contributed by atoms with Crippen molar-refractivity contribution in [1.82, 2.24) is 10.6 Å². The Balaban J connectivity index is 2.06. The second-order valence-corrected chi connectivity index (χ2v) is 4.44. The monoisotopic (exact) mass is 204 g/mol. The molecule has 2 atom stereocenters. The molecule has 0 aromatic carbocycles. The van der Waals surface area contributed by atoms with Gasteiger partial charge in [0.25, 0.3) is 0 Å². The van der Waals surface area contributed by atoms with Crippen LogP contribution in [0.4, 0.5) is 0 Å². The fraction of sp³-hybridized carbons (Fsp3) is 0.583. The van der Waals surface area contributed by atoms with Crippen molar-refractivity contribution >= 4 is 0 Å². The molecule has 1 saturated heterocycles. The van der Waals surface area contributed by atoms with E-state index in [2.05, 4.69) is 29.5 Å². The van der Waals surface area contributed by atoms with Gasteiger partial charge in [-0.15, -0.1) is 0 Å². The maximum atomic E-state index is 5.45. The highest BCUT2D eigenvalue weighted by atomic mass is 16.5. The lowest BCUT2D eigenvalue weighted by atomic mass is 9.70. The minimum atomic E-state index is 0.103. The van der Waals surface area contributed by atoms with Gasteiger partial charge in [0, 0.05) is 18.3 Å². The van der Waals surface area contributed by atoms with Gasteiger partial charge in [0.1, 0.15) is 5.76 Å². The Kier molecular flexibility index (Phi) is 2.02. The van der Waals surface area contributed by atoms with Gasteiger partial charge in [-0.1, -0.05) is 0 Å². The highest BCUT2D eigenvalue weighted by Gasteiger charge is 2.49. The largest absolute Gasteiger partial charge is 0.497 e. The third-order valence-corrected chi connectivity index (χ3v) is 3.82. The molecule has 2 unspecified atom stereocenters. The standard InChI is InChI=1S/C12H16N2O/c1-15-11-3-2-9-4-6-14-12(9)5-7-13-8-10(11)12/h3,8-9,13-14H,2,4-5,7H2,1H3. The fourth-order valence-corrected chi connectivity index (χ4v) is 3.00. The Morgan fingerprint density at radius 2 is 2.53 bits per heavy atom. The number of hydrogen-bond donors (Lipinski definition) is 2. The molecule has 3 heteroatoms. The Morgan fingerprint density at radius 1 is 1.60 bits per heavy atom. The molecule has 2 N–H and O–H groups in total. The molecule has 0 aromatic rings. The molecule has 0 bridgehead atoms. The minimum absolute atomic E-state index is 0.103. The van der Waals surface area contributed by atoms with E-state index in [9.17, 15) is 0 Å². The summed E-state index contributed by atoms with van der Waals surface area (Å²) in [5.74, 6) is 1.68. The maximum absolute atomic E-state index is 5.45. The zero-order valence-corrected chi connectivity index (χ0v) is 8.97. The van der Waals surface area contributed by atoms with Crippen molar-refractivity contribution in [2.24, 2.45) is 5.92 Å². The molecule has 3 rings (SSSR count). The molecule has 3 nitrogen and oxygen atoms in total. The first-order chi connectivity index (χ1) is 7.37. The van der Waals surface area contributed by atoms with Crippen LogP contribution in [0, 0.1) is 12.5 Å². The molecular formula is C12H16N2O. The molecule has 2 heterocycles. The average molecular weight is 204 g/mol. The van der Waals surface area contributed by atoms with Crippen LogP contribution in [-0.2, 0) is 4.74 Å². The number of hydrogen-bond acceptors (Lipinski definition) is 3. The van der Waals surface area contributed by atoms with E-state index >= 15 is 0 Å². The van der Waals surface area contributed by atoms with Crippen LogP contribution in [-0.4, -0.2) is 19.2 Å². The number of methoxy groups -OCH3 is 1. The van der Waals surface area contributed by atoms with Crippen LogP contribution in [0.2, 0.25) is 0 Å².